The first-order valence-corrected chi connectivity index (χ1v) is 10.1. The molecule has 0 radical (unpaired) electrons. The van der Waals surface area contributed by atoms with Crippen LogP contribution in [0.1, 0.15) is 53.2 Å². The van der Waals surface area contributed by atoms with Gasteiger partial charge in [0.15, 0.2) is 5.78 Å². The number of carbonyl (C=O) groups excluding carboxylic acids is 2. The molecular weight excluding hydrogens is 362 g/mol. The zero-order valence-corrected chi connectivity index (χ0v) is 16.8. The number of benzene rings is 2. The third kappa shape index (κ3) is 6.42. The first kappa shape index (κ1) is 20.5. The number of nitrogens with zero attached hydrogens (tertiary/aromatic N) is 2. The number of amides is 1. The fraction of sp³-hybridized carbons (Fsp3) is 0.292. The Bertz CT molecular complexity index is 914. The maximum Gasteiger partial charge on any atom is 0.220 e. The number of carbonyl (C=O) groups is 2. The van der Waals surface area contributed by atoms with E-state index in [0.29, 0.717) is 12.1 Å². The summed E-state index contributed by atoms with van der Waals surface area (Å²) in [5, 5.41) is 2.89. The lowest BCUT2D eigenvalue weighted by Gasteiger charge is -2.07. The van der Waals surface area contributed by atoms with E-state index in [9.17, 15) is 9.59 Å². The smallest absolute Gasteiger partial charge is 0.220 e. The monoisotopic (exact) mass is 389 g/mol. The van der Waals surface area contributed by atoms with Crippen LogP contribution in [0.15, 0.2) is 67.3 Å². The highest BCUT2D eigenvalue weighted by molar-refractivity contribution is 5.97. The number of ketones is 1. The van der Waals surface area contributed by atoms with Crippen molar-refractivity contribution in [3.8, 4) is 0 Å². The van der Waals surface area contributed by atoms with Crippen LogP contribution in [0, 0.1) is 0 Å². The van der Waals surface area contributed by atoms with Crippen molar-refractivity contribution in [1.82, 2.24) is 14.9 Å². The molecule has 5 nitrogen and oxygen atoms in total. The summed E-state index contributed by atoms with van der Waals surface area (Å²) >= 11 is 0. The van der Waals surface area contributed by atoms with Crippen molar-refractivity contribution in [3.63, 3.8) is 0 Å². The minimum Gasteiger partial charge on any atom is -0.352 e. The molecule has 3 aromatic rings. The van der Waals surface area contributed by atoms with Gasteiger partial charge in [0, 0.05) is 43.9 Å². The van der Waals surface area contributed by atoms with Crippen LogP contribution < -0.4 is 5.32 Å². The minimum atomic E-state index is -0.108. The number of aryl methyl sites for hydroxylation is 1. The molecular formula is C24H27N3O2. The highest BCUT2D eigenvalue weighted by atomic mass is 16.2. The Morgan fingerprint density at radius 2 is 1.62 bits per heavy atom. The van der Waals surface area contributed by atoms with Gasteiger partial charge in [0.1, 0.15) is 0 Å². The lowest BCUT2D eigenvalue weighted by Crippen LogP contribution is -2.23. The van der Waals surface area contributed by atoms with Gasteiger partial charge in [0.05, 0.1) is 6.33 Å². The standard InChI is InChI=1S/C24H27N3O2/c1-2-3-19-8-10-22(11-9-19)23(28)12-13-24(29)26-16-20-4-6-21(7-5-20)17-27-15-14-25-18-27/h4-11,14-15,18H,2-3,12-13,16-17H2,1H3,(H,26,29). The fourth-order valence-corrected chi connectivity index (χ4v) is 3.16. The third-order valence-electron chi connectivity index (χ3n) is 4.83. The van der Waals surface area contributed by atoms with E-state index in [-0.39, 0.29) is 24.5 Å². The van der Waals surface area contributed by atoms with Crippen molar-refractivity contribution in [3.05, 3.63) is 89.5 Å². The summed E-state index contributed by atoms with van der Waals surface area (Å²) in [4.78, 5) is 28.4. The van der Waals surface area contributed by atoms with Crippen LogP contribution in [-0.4, -0.2) is 21.2 Å². The predicted octanol–water partition coefficient (Wildman–Crippen LogP) is 4.16. The summed E-state index contributed by atoms with van der Waals surface area (Å²) < 4.78 is 2.01. The quantitative estimate of drug-likeness (QED) is 0.530. The van der Waals surface area contributed by atoms with Crippen LogP contribution in [0.4, 0.5) is 0 Å². The van der Waals surface area contributed by atoms with E-state index in [0.717, 1.165) is 24.9 Å². The summed E-state index contributed by atoms with van der Waals surface area (Å²) in [6, 6.07) is 15.8. The first-order valence-electron chi connectivity index (χ1n) is 10.1. The fourth-order valence-electron chi connectivity index (χ4n) is 3.16. The van der Waals surface area contributed by atoms with Crippen LogP contribution in [0.3, 0.4) is 0 Å². The van der Waals surface area contributed by atoms with Crippen LogP contribution in [-0.2, 0) is 24.3 Å². The highest BCUT2D eigenvalue weighted by Crippen LogP contribution is 2.10. The largest absolute Gasteiger partial charge is 0.352 e. The summed E-state index contributed by atoms with van der Waals surface area (Å²) in [7, 11) is 0. The number of Topliss-reactive ketones (excluding diaryl/α,β-unsaturated/α-hetero) is 1. The number of hydrogen-bond donors (Lipinski definition) is 1. The molecule has 0 unspecified atom stereocenters. The van der Waals surface area contributed by atoms with Gasteiger partial charge < -0.3 is 9.88 Å². The second-order valence-corrected chi connectivity index (χ2v) is 7.20. The highest BCUT2D eigenvalue weighted by Gasteiger charge is 2.09. The number of imidazole rings is 1. The molecule has 2 aromatic carbocycles. The van der Waals surface area contributed by atoms with Gasteiger partial charge in [-0.3, -0.25) is 9.59 Å². The molecule has 0 atom stereocenters. The van der Waals surface area contributed by atoms with Gasteiger partial charge in [-0.2, -0.15) is 0 Å². The van der Waals surface area contributed by atoms with Crippen molar-refractivity contribution in [1.29, 1.82) is 0 Å². The van der Waals surface area contributed by atoms with E-state index in [2.05, 4.69) is 17.2 Å². The Morgan fingerprint density at radius 3 is 2.28 bits per heavy atom. The summed E-state index contributed by atoms with van der Waals surface area (Å²) in [6.07, 6.45) is 8.00. The molecule has 1 N–H and O–H groups in total. The molecule has 0 aliphatic carbocycles. The Morgan fingerprint density at radius 1 is 0.931 bits per heavy atom. The van der Waals surface area contributed by atoms with Gasteiger partial charge in [-0.05, 0) is 23.1 Å². The molecule has 5 heteroatoms. The molecule has 150 valence electrons. The molecule has 0 aliphatic rings. The Hall–Kier alpha value is -3.21. The van der Waals surface area contributed by atoms with E-state index < -0.39 is 0 Å². The molecule has 0 fully saturated rings. The molecule has 3 rings (SSSR count). The molecule has 1 amide bonds. The average Bonchev–Trinajstić information content (AvgIpc) is 3.25. The number of nitrogens with one attached hydrogen (secondary N) is 1. The van der Waals surface area contributed by atoms with E-state index in [1.807, 2.05) is 59.3 Å². The van der Waals surface area contributed by atoms with Gasteiger partial charge in [0.2, 0.25) is 5.91 Å². The Kier molecular flexibility index (Phi) is 7.34. The zero-order chi connectivity index (χ0) is 20.5. The lowest BCUT2D eigenvalue weighted by molar-refractivity contribution is -0.121. The number of aromatic nitrogens is 2. The van der Waals surface area contributed by atoms with Crippen molar-refractivity contribution >= 4 is 11.7 Å². The molecule has 0 bridgehead atoms. The van der Waals surface area contributed by atoms with E-state index in [1.54, 1.807) is 12.5 Å². The zero-order valence-electron chi connectivity index (χ0n) is 16.8. The van der Waals surface area contributed by atoms with Crippen molar-refractivity contribution in [2.45, 2.75) is 45.7 Å². The van der Waals surface area contributed by atoms with Crippen molar-refractivity contribution in [2.75, 3.05) is 0 Å². The van der Waals surface area contributed by atoms with Gasteiger partial charge in [0.25, 0.3) is 0 Å². The van der Waals surface area contributed by atoms with E-state index in [4.69, 9.17) is 0 Å². The van der Waals surface area contributed by atoms with Crippen molar-refractivity contribution in [2.24, 2.45) is 0 Å². The van der Waals surface area contributed by atoms with Crippen LogP contribution >= 0.6 is 0 Å². The SMILES string of the molecule is CCCc1ccc(C(=O)CCC(=O)NCc2ccc(Cn3ccnc3)cc2)cc1. The molecule has 1 heterocycles. The maximum absolute atomic E-state index is 12.3. The minimum absolute atomic E-state index is 0.00653. The van der Waals surface area contributed by atoms with Gasteiger partial charge >= 0.3 is 0 Å². The molecule has 0 aliphatic heterocycles. The number of hydrogen-bond acceptors (Lipinski definition) is 3. The third-order valence-corrected chi connectivity index (χ3v) is 4.83. The summed E-state index contributed by atoms with van der Waals surface area (Å²) in [5.74, 6) is -0.101. The normalized spacial score (nSPS) is 10.7. The van der Waals surface area contributed by atoms with Crippen LogP contribution in [0.5, 0.6) is 0 Å². The molecule has 0 saturated carbocycles. The topological polar surface area (TPSA) is 64.0 Å². The van der Waals surface area contributed by atoms with Gasteiger partial charge in [-0.1, -0.05) is 61.9 Å². The first-order chi connectivity index (χ1) is 14.1. The maximum atomic E-state index is 12.3. The van der Waals surface area contributed by atoms with Crippen LogP contribution in [0.25, 0.3) is 0 Å². The van der Waals surface area contributed by atoms with E-state index in [1.165, 1.54) is 11.1 Å². The molecule has 1 aromatic heterocycles. The summed E-state index contributed by atoms with van der Waals surface area (Å²) in [5.41, 5.74) is 4.11. The molecule has 0 saturated heterocycles. The molecule has 29 heavy (non-hydrogen) atoms. The lowest BCUT2D eigenvalue weighted by atomic mass is 10.0. The molecule has 0 spiro atoms. The van der Waals surface area contributed by atoms with Gasteiger partial charge in [-0.25, -0.2) is 4.98 Å². The number of rotatable bonds is 10. The Balaban J connectivity index is 1.40. The van der Waals surface area contributed by atoms with Crippen LogP contribution in [0.2, 0.25) is 0 Å². The Labute approximate surface area is 171 Å². The second-order valence-electron chi connectivity index (χ2n) is 7.20. The van der Waals surface area contributed by atoms with Crippen molar-refractivity contribution < 1.29 is 9.59 Å². The second kappa shape index (κ2) is 10.4. The summed E-state index contributed by atoms with van der Waals surface area (Å²) in [6.45, 7) is 3.37. The average molecular weight is 389 g/mol. The predicted molar refractivity (Wildman–Crippen MR) is 114 cm³/mol. The van der Waals surface area contributed by atoms with E-state index >= 15 is 0 Å². The van der Waals surface area contributed by atoms with Gasteiger partial charge in [-0.15, -0.1) is 0 Å².